The first-order valence-electron chi connectivity index (χ1n) is 5.20. The van der Waals surface area contributed by atoms with E-state index in [9.17, 15) is 4.79 Å². The van der Waals surface area contributed by atoms with E-state index >= 15 is 0 Å². The van der Waals surface area contributed by atoms with Crippen molar-refractivity contribution < 1.29 is 9.90 Å². The molecule has 0 unspecified atom stereocenters. The first-order valence-corrected chi connectivity index (χ1v) is 5.20. The van der Waals surface area contributed by atoms with Crippen molar-refractivity contribution in [2.24, 2.45) is 0 Å². The van der Waals surface area contributed by atoms with E-state index < -0.39 is 0 Å². The second-order valence-corrected chi connectivity index (χ2v) is 3.80. The van der Waals surface area contributed by atoms with Crippen LogP contribution in [0.1, 0.15) is 18.5 Å². The van der Waals surface area contributed by atoms with Crippen LogP contribution in [0, 0.1) is 0 Å². The molecule has 1 aliphatic carbocycles. The summed E-state index contributed by atoms with van der Waals surface area (Å²) < 4.78 is 0. The van der Waals surface area contributed by atoms with Gasteiger partial charge in [0.25, 0.3) is 0 Å². The lowest BCUT2D eigenvalue weighted by Gasteiger charge is -2.20. The molecular weight excluding hydrogens is 194 g/mol. The number of aliphatic hydroxyl groups excluding tert-OH is 1. The second kappa shape index (κ2) is 4.44. The molecule has 82 valence electrons. The van der Waals surface area contributed by atoms with Gasteiger partial charge >= 0.3 is 0 Å². The van der Waals surface area contributed by atoms with Crippen LogP contribution in [0.2, 0.25) is 0 Å². The van der Waals surface area contributed by atoms with Crippen molar-refractivity contribution in [2.45, 2.75) is 25.3 Å². The highest BCUT2D eigenvalue weighted by atomic mass is 16.3. The lowest BCUT2D eigenvalue weighted by atomic mass is 10.2. The molecule has 2 N–H and O–H groups in total. The predicted molar refractivity (Wildman–Crippen MR) is 54.1 cm³/mol. The Kier molecular flexibility index (Phi) is 3.01. The van der Waals surface area contributed by atoms with E-state index in [0.717, 1.165) is 18.5 Å². The lowest BCUT2D eigenvalue weighted by molar-refractivity contribution is -0.131. The van der Waals surface area contributed by atoms with E-state index in [1.54, 1.807) is 17.2 Å². The van der Waals surface area contributed by atoms with E-state index in [1.807, 2.05) is 0 Å². The molecule has 1 fully saturated rings. The highest BCUT2D eigenvalue weighted by molar-refractivity contribution is 5.79. The highest BCUT2D eigenvalue weighted by Crippen LogP contribution is 2.26. The van der Waals surface area contributed by atoms with Crippen LogP contribution in [0.5, 0.6) is 0 Å². The molecule has 5 nitrogen and oxygen atoms in total. The van der Waals surface area contributed by atoms with Gasteiger partial charge in [-0.1, -0.05) is 0 Å². The zero-order valence-corrected chi connectivity index (χ0v) is 8.52. The van der Waals surface area contributed by atoms with Crippen molar-refractivity contribution in [3.63, 3.8) is 0 Å². The van der Waals surface area contributed by atoms with Gasteiger partial charge in [0.2, 0.25) is 5.91 Å². The van der Waals surface area contributed by atoms with E-state index in [1.165, 1.54) is 0 Å². The first-order chi connectivity index (χ1) is 7.31. The summed E-state index contributed by atoms with van der Waals surface area (Å²) in [6, 6.07) is 2.15. The number of aliphatic hydroxyl groups is 1. The van der Waals surface area contributed by atoms with Gasteiger partial charge in [0.1, 0.15) is 0 Å². The van der Waals surface area contributed by atoms with Gasteiger partial charge in [-0.25, -0.2) is 0 Å². The minimum atomic E-state index is 0.0330. The number of carbonyl (C=O) groups is 1. The number of amides is 1. The van der Waals surface area contributed by atoms with Crippen molar-refractivity contribution >= 4 is 5.91 Å². The molecule has 0 radical (unpaired) electrons. The van der Waals surface area contributed by atoms with Crippen LogP contribution < -0.4 is 0 Å². The fraction of sp³-hybridized carbons (Fsp3) is 0.600. The minimum absolute atomic E-state index is 0.0330. The van der Waals surface area contributed by atoms with E-state index in [0.29, 0.717) is 19.0 Å². The zero-order valence-electron chi connectivity index (χ0n) is 8.52. The number of nitrogens with zero attached hydrogens (tertiary/aromatic N) is 2. The van der Waals surface area contributed by atoms with Gasteiger partial charge in [0.05, 0.1) is 13.0 Å². The second-order valence-electron chi connectivity index (χ2n) is 3.80. The van der Waals surface area contributed by atoms with Crippen LogP contribution in [0.4, 0.5) is 0 Å². The molecule has 1 aromatic heterocycles. The van der Waals surface area contributed by atoms with Crippen molar-refractivity contribution in [1.82, 2.24) is 15.1 Å². The topological polar surface area (TPSA) is 69.2 Å². The molecule has 1 saturated carbocycles. The Hall–Kier alpha value is -1.36. The van der Waals surface area contributed by atoms with Crippen LogP contribution in [-0.2, 0) is 11.2 Å². The van der Waals surface area contributed by atoms with Gasteiger partial charge in [0, 0.05) is 24.5 Å². The Balaban J connectivity index is 1.92. The number of aromatic amines is 1. The maximum atomic E-state index is 11.8. The van der Waals surface area contributed by atoms with Crippen LogP contribution in [-0.4, -0.2) is 45.3 Å². The van der Waals surface area contributed by atoms with Crippen LogP contribution in [0.15, 0.2) is 12.3 Å². The predicted octanol–water partition coefficient (Wildman–Crippen LogP) is -0.0645. The van der Waals surface area contributed by atoms with Gasteiger partial charge in [-0.05, 0) is 18.9 Å². The fourth-order valence-electron chi connectivity index (χ4n) is 1.65. The molecule has 1 aliphatic rings. The molecule has 0 atom stereocenters. The van der Waals surface area contributed by atoms with Gasteiger partial charge < -0.3 is 10.0 Å². The summed E-state index contributed by atoms with van der Waals surface area (Å²) in [6.07, 6.45) is 4.11. The van der Waals surface area contributed by atoms with Crippen LogP contribution >= 0.6 is 0 Å². The summed E-state index contributed by atoms with van der Waals surface area (Å²) in [5.41, 5.74) is 0.823. The normalized spacial score (nSPS) is 15.3. The number of rotatable bonds is 5. The summed E-state index contributed by atoms with van der Waals surface area (Å²) >= 11 is 0. The summed E-state index contributed by atoms with van der Waals surface area (Å²) in [4.78, 5) is 13.6. The molecule has 2 rings (SSSR count). The molecular formula is C10H15N3O2. The van der Waals surface area contributed by atoms with Crippen molar-refractivity contribution in [2.75, 3.05) is 13.2 Å². The number of H-pyrrole nitrogens is 1. The summed E-state index contributed by atoms with van der Waals surface area (Å²) in [6.45, 7) is 0.475. The molecule has 0 aliphatic heterocycles. The van der Waals surface area contributed by atoms with E-state index in [4.69, 9.17) is 5.11 Å². The SMILES string of the molecule is O=C(Cc1ccn[nH]1)N(CCO)C1CC1. The van der Waals surface area contributed by atoms with Crippen molar-refractivity contribution in [3.8, 4) is 0 Å². The smallest absolute Gasteiger partial charge is 0.228 e. The Bertz CT molecular complexity index is 319. The minimum Gasteiger partial charge on any atom is -0.395 e. The average molecular weight is 209 g/mol. The number of hydrogen-bond acceptors (Lipinski definition) is 3. The molecule has 0 bridgehead atoms. The quantitative estimate of drug-likeness (QED) is 0.713. The third-order valence-electron chi connectivity index (χ3n) is 2.55. The zero-order chi connectivity index (χ0) is 10.7. The third-order valence-corrected chi connectivity index (χ3v) is 2.55. The molecule has 0 aromatic carbocycles. The van der Waals surface area contributed by atoms with Gasteiger partial charge in [-0.2, -0.15) is 5.10 Å². The molecule has 0 spiro atoms. The largest absolute Gasteiger partial charge is 0.395 e. The number of nitrogens with one attached hydrogen (secondary N) is 1. The number of hydrogen-bond donors (Lipinski definition) is 2. The van der Waals surface area contributed by atoms with Crippen LogP contribution in [0.3, 0.4) is 0 Å². The van der Waals surface area contributed by atoms with Gasteiger partial charge in [0.15, 0.2) is 0 Å². The van der Waals surface area contributed by atoms with Crippen molar-refractivity contribution in [3.05, 3.63) is 18.0 Å². The summed E-state index contributed by atoms with van der Waals surface area (Å²) in [5.74, 6) is 0.0656. The number of carbonyl (C=O) groups excluding carboxylic acids is 1. The van der Waals surface area contributed by atoms with Gasteiger partial charge in [-0.15, -0.1) is 0 Å². The summed E-state index contributed by atoms with van der Waals surface area (Å²) in [7, 11) is 0. The molecule has 1 aromatic rings. The molecule has 15 heavy (non-hydrogen) atoms. The maximum Gasteiger partial charge on any atom is 0.228 e. The monoisotopic (exact) mass is 209 g/mol. The van der Waals surface area contributed by atoms with E-state index in [2.05, 4.69) is 10.2 Å². The third kappa shape index (κ3) is 2.56. The van der Waals surface area contributed by atoms with Crippen molar-refractivity contribution in [1.29, 1.82) is 0 Å². The Labute approximate surface area is 88.1 Å². The fourth-order valence-corrected chi connectivity index (χ4v) is 1.65. The molecule has 5 heteroatoms. The first kappa shape index (κ1) is 10.2. The Morgan fingerprint density at radius 1 is 1.67 bits per heavy atom. The van der Waals surface area contributed by atoms with Gasteiger partial charge in [-0.3, -0.25) is 9.89 Å². The molecule has 1 heterocycles. The Morgan fingerprint density at radius 3 is 3.00 bits per heavy atom. The summed E-state index contributed by atoms with van der Waals surface area (Å²) in [5, 5.41) is 15.4. The average Bonchev–Trinajstić information content (AvgIpc) is 2.93. The maximum absolute atomic E-state index is 11.8. The standard InChI is InChI=1S/C10H15N3O2/c14-6-5-13(9-1-2-9)10(15)7-8-3-4-11-12-8/h3-4,9,14H,1-2,5-7H2,(H,11,12). The highest BCUT2D eigenvalue weighted by Gasteiger charge is 2.31. The lowest BCUT2D eigenvalue weighted by Crippen LogP contribution is -2.36. The number of aromatic nitrogens is 2. The Morgan fingerprint density at radius 2 is 2.47 bits per heavy atom. The molecule has 1 amide bonds. The van der Waals surface area contributed by atoms with E-state index in [-0.39, 0.29) is 12.5 Å². The molecule has 0 saturated heterocycles. The van der Waals surface area contributed by atoms with Crippen LogP contribution in [0.25, 0.3) is 0 Å².